The van der Waals surface area contributed by atoms with Crippen molar-refractivity contribution >= 4 is 22.6 Å². The van der Waals surface area contributed by atoms with E-state index in [-0.39, 0.29) is 11.2 Å². The molecule has 0 N–H and O–H groups in total. The summed E-state index contributed by atoms with van der Waals surface area (Å²) in [5.74, 6) is 0.397. The number of aromatic nitrogens is 2. The Labute approximate surface area is 129 Å². The third kappa shape index (κ3) is 3.06. The summed E-state index contributed by atoms with van der Waals surface area (Å²) >= 11 is 6.19. The van der Waals surface area contributed by atoms with E-state index in [1.807, 2.05) is 17.6 Å². The lowest BCUT2D eigenvalue weighted by Gasteiger charge is -2.14. The highest BCUT2D eigenvalue weighted by Crippen LogP contribution is 2.26. The van der Waals surface area contributed by atoms with E-state index < -0.39 is 0 Å². The van der Waals surface area contributed by atoms with Gasteiger partial charge in [0, 0.05) is 6.54 Å². The summed E-state index contributed by atoms with van der Waals surface area (Å²) < 4.78 is 21.7. The van der Waals surface area contributed by atoms with Crippen LogP contribution in [0.25, 0.3) is 11.0 Å². The molecule has 1 fully saturated rings. The molecule has 5 heteroatoms. The van der Waals surface area contributed by atoms with Gasteiger partial charge in [-0.05, 0) is 31.9 Å². The number of ether oxygens (including phenoxy) is 1. The van der Waals surface area contributed by atoms with Crippen molar-refractivity contribution in [2.45, 2.75) is 50.6 Å². The molecule has 1 aliphatic rings. The summed E-state index contributed by atoms with van der Waals surface area (Å²) in [6.45, 7) is 3.13. The SMILES string of the molecule is CC(Cl)c1nc2c(F)cccc2n1CCOC1CCCC1. The predicted molar refractivity (Wildman–Crippen MR) is 82.2 cm³/mol. The Hall–Kier alpha value is -1.13. The number of rotatable bonds is 5. The van der Waals surface area contributed by atoms with Crippen LogP contribution in [0.3, 0.4) is 0 Å². The lowest BCUT2D eigenvalue weighted by Crippen LogP contribution is -2.14. The first-order valence-corrected chi connectivity index (χ1v) is 8.01. The van der Waals surface area contributed by atoms with Crippen LogP contribution in [0.5, 0.6) is 0 Å². The molecule has 21 heavy (non-hydrogen) atoms. The van der Waals surface area contributed by atoms with E-state index in [1.165, 1.54) is 18.9 Å². The van der Waals surface area contributed by atoms with E-state index in [0.29, 0.717) is 30.6 Å². The normalized spacial score (nSPS) is 17.7. The molecule has 3 rings (SSSR count). The summed E-state index contributed by atoms with van der Waals surface area (Å²) in [7, 11) is 0. The maximum atomic E-state index is 13.9. The number of alkyl halides is 1. The number of benzene rings is 1. The van der Waals surface area contributed by atoms with Crippen LogP contribution in [0.1, 0.15) is 43.8 Å². The lowest BCUT2D eigenvalue weighted by molar-refractivity contribution is 0.0531. The molecule has 1 aliphatic carbocycles. The standard InChI is InChI=1S/C16H20ClFN2O/c1-11(17)16-19-15-13(18)7-4-8-14(15)20(16)9-10-21-12-5-2-3-6-12/h4,7-8,11-12H,2-3,5-6,9-10H2,1H3. The molecule has 0 amide bonds. The third-order valence-electron chi connectivity index (χ3n) is 4.09. The first kappa shape index (κ1) is 14.8. The molecule has 3 nitrogen and oxygen atoms in total. The molecule has 0 saturated heterocycles. The molecule has 0 radical (unpaired) electrons. The lowest BCUT2D eigenvalue weighted by atomic mass is 10.3. The fourth-order valence-electron chi connectivity index (χ4n) is 3.04. The molecule has 1 aromatic carbocycles. The number of hydrogen-bond acceptors (Lipinski definition) is 2. The highest BCUT2D eigenvalue weighted by molar-refractivity contribution is 6.20. The minimum atomic E-state index is -0.304. The highest BCUT2D eigenvalue weighted by Gasteiger charge is 2.18. The van der Waals surface area contributed by atoms with Crippen LogP contribution in [0, 0.1) is 5.82 Å². The Kier molecular flexibility index (Phi) is 4.45. The Balaban J connectivity index is 1.81. The molecule has 0 bridgehead atoms. The number of nitrogens with zero attached hydrogens (tertiary/aromatic N) is 2. The molecule has 1 aromatic heterocycles. The largest absolute Gasteiger partial charge is 0.376 e. The highest BCUT2D eigenvalue weighted by atomic mass is 35.5. The van der Waals surface area contributed by atoms with E-state index in [1.54, 1.807) is 6.07 Å². The van der Waals surface area contributed by atoms with Gasteiger partial charge in [0.1, 0.15) is 11.3 Å². The molecule has 0 spiro atoms. The van der Waals surface area contributed by atoms with E-state index in [0.717, 1.165) is 18.4 Å². The van der Waals surface area contributed by atoms with Crippen LogP contribution >= 0.6 is 11.6 Å². The summed E-state index contributed by atoms with van der Waals surface area (Å²) in [5.41, 5.74) is 1.17. The van der Waals surface area contributed by atoms with Crippen LogP contribution in [0.4, 0.5) is 4.39 Å². The maximum absolute atomic E-state index is 13.9. The summed E-state index contributed by atoms with van der Waals surface area (Å²) in [6.07, 6.45) is 5.20. The topological polar surface area (TPSA) is 27.1 Å². The van der Waals surface area contributed by atoms with Crippen molar-refractivity contribution in [1.82, 2.24) is 9.55 Å². The smallest absolute Gasteiger partial charge is 0.151 e. The zero-order valence-corrected chi connectivity index (χ0v) is 12.9. The molecule has 1 saturated carbocycles. The zero-order chi connectivity index (χ0) is 14.8. The van der Waals surface area contributed by atoms with Crippen LogP contribution in [-0.2, 0) is 11.3 Å². The van der Waals surface area contributed by atoms with Crippen molar-refractivity contribution in [3.63, 3.8) is 0 Å². The van der Waals surface area contributed by atoms with E-state index in [2.05, 4.69) is 4.98 Å². The quantitative estimate of drug-likeness (QED) is 0.764. The van der Waals surface area contributed by atoms with E-state index >= 15 is 0 Å². The third-order valence-corrected chi connectivity index (χ3v) is 4.28. The van der Waals surface area contributed by atoms with Gasteiger partial charge in [-0.15, -0.1) is 11.6 Å². The second kappa shape index (κ2) is 6.32. The average molecular weight is 311 g/mol. The molecular weight excluding hydrogens is 291 g/mol. The second-order valence-corrected chi connectivity index (χ2v) is 6.28. The van der Waals surface area contributed by atoms with Gasteiger partial charge in [-0.2, -0.15) is 0 Å². The van der Waals surface area contributed by atoms with Crippen LogP contribution in [-0.4, -0.2) is 22.3 Å². The molecule has 0 aliphatic heterocycles. The number of imidazole rings is 1. The zero-order valence-electron chi connectivity index (χ0n) is 12.2. The van der Waals surface area contributed by atoms with Gasteiger partial charge in [-0.25, -0.2) is 9.37 Å². The van der Waals surface area contributed by atoms with Gasteiger partial charge in [-0.1, -0.05) is 18.9 Å². The summed E-state index contributed by atoms with van der Waals surface area (Å²) in [5, 5.41) is -0.261. The number of hydrogen-bond donors (Lipinski definition) is 0. The molecule has 1 heterocycles. The Morgan fingerprint density at radius 2 is 2.19 bits per heavy atom. The van der Waals surface area contributed by atoms with Gasteiger partial charge >= 0.3 is 0 Å². The minimum Gasteiger partial charge on any atom is -0.376 e. The number of para-hydroxylation sites is 1. The van der Waals surface area contributed by atoms with Crippen LogP contribution in [0.15, 0.2) is 18.2 Å². The Bertz CT molecular complexity index is 620. The molecule has 1 unspecified atom stereocenters. The number of halogens is 2. The van der Waals surface area contributed by atoms with Gasteiger partial charge in [0.05, 0.1) is 23.6 Å². The van der Waals surface area contributed by atoms with Crippen molar-refractivity contribution in [3.05, 3.63) is 29.8 Å². The first-order chi connectivity index (χ1) is 10.2. The van der Waals surface area contributed by atoms with Gasteiger partial charge in [0.25, 0.3) is 0 Å². The predicted octanol–water partition coefficient (Wildman–Crippen LogP) is 4.43. The summed E-state index contributed by atoms with van der Waals surface area (Å²) in [6, 6.07) is 5.01. The van der Waals surface area contributed by atoms with E-state index in [9.17, 15) is 4.39 Å². The van der Waals surface area contributed by atoms with Gasteiger partial charge in [0.2, 0.25) is 0 Å². The van der Waals surface area contributed by atoms with Crippen molar-refractivity contribution in [2.24, 2.45) is 0 Å². The Morgan fingerprint density at radius 1 is 1.43 bits per heavy atom. The van der Waals surface area contributed by atoms with Crippen LogP contribution in [0.2, 0.25) is 0 Å². The van der Waals surface area contributed by atoms with E-state index in [4.69, 9.17) is 16.3 Å². The summed E-state index contributed by atoms with van der Waals surface area (Å²) in [4.78, 5) is 4.36. The average Bonchev–Trinajstić information content (AvgIpc) is 3.08. The fourth-order valence-corrected chi connectivity index (χ4v) is 3.20. The molecule has 1 atom stereocenters. The minimum absolute atomic E-state index is 0.261. The molecule has 114 valence electrons. The van der Waals surface area contributed by atoms with Crippen molar-refractivity contribution in [2.75, 3.05) is 6.61 Å². The second-order valence-electron chi connectivity index (χ2n) is 5.62. The maximum Gasteiger partial charge on any atom is 0.151 e. The first-order valence-electron chi connectivity index (χ1n) is 7.57. The van der Waals surface area contributed by atoms with Gasteiger partial charge < -0.3 is 9.30 Å². The van der Waals surface area contributed by atoms with Crippen LogP contribution < -0.4 is 0 Å². The molecule has 2 aromatic rings. The molecular formula is C16H20ClFN2O. The number of fused-ring (bicyclic) bond motifs is 1. The van der Waals surface area contributed by atoms with Crippen molar-refractivity contribution in [3.8, 4) is 0 Å². The van der Waals surface area contributed by atoms with Gasteiger partial charge in [0.15, 0.2) is 5.82 Å². The van der Waals surface area contributed by atoms with Crippen molar-refractivity contribution < 1.29 is 9.13 Å². The Morgan fingerprint density at radius 3 is 2.90 bits per heavy atom. The fraction of sp³-hybridized carbons (Fsp3) is 0.562. The van der Waals surface area contributed by atoms with Crippen molar-refractivity contribution in [1.29, 1.82) is 0 Å². The van der Waals surface area contributed by atoms with Gasteiger partial charge in [-0.3, -0.25) is 0 Å². The monoisotopic (exact) mass is 310 g/mol.